The summed E-state index contributed by atoms with van der Waals surface area (Å²) >= 11 is 0. The Morgan fingerprint density at radius 3 is 1.49 bits per heavy atom. The summed E-state index contributed by atoms with van der Waals surface area (Å²) in [4.78, 5) is 14.9. The fourth-order valence-electron chi connectivity index (χ4n) is 8.46. The molecule has 0 saturated carbocycles. The van der Waals surface area contributed by atoms with Crippen molar-refractivity contribution in [1.29, 1.82) is 0 Å². The van der Waals surface area contributed by atoms with Gasteiger partial charge in [0.15, 0.2) is 23.1 Å². The predicted octanol–water partition coefficient (Wildman–Crippen LogP) is 13.4. The summed E-state index contributed by atoms with van der Waals surface area (Å²) in [5.41, 5.74) is 11.1. The largest absolute Gasteiger partial charge is 0.455 e. The van der Waals surface area contributed by atoms with Crippen molar-refractivity contribution in [3.8, 4) is 51.0 Å². The zero-order valence-electron chi connectivity index (χ0n) is 30.4. The highest BCUT2D eigenvalue weighted by Gasteiger charge is 2.21. The Morgan fingerprint density at radius 1 is 0.333 bits per heavy atom. The average Bonchev–Trinajstić information content (AvgIpc) is 3.96. The van der Waals surface area contributed by atoms with Crippen molar-refractivity contribution < 1.29 is 8.83 Å². The van der Waals surface area contributed by atoms with Crippen LogP contribution in [0.2, 0.25) is 0 Å². The number of rotatable bonds is 5. The van der Waals surface area contributed by atoms with Crippen LogP contribution in [-0.2, 0) is 0 Å². The first-order chi connectivity index (χ1) is 28.3. The van der Waals surface area contributed by atoms with E-state index >= 15 is 0 Å². The highest BCUT2D eigenvalue weighted by molar-refractivity contribution is 6.15. The molecule has 4 aromatic heterocycles. The van der Waals surface area contributed by atoms with Crippen molar-refractivity contribution in [3.63, 3.8) is 0 Å². The SMILES string of the molecule is c1ccc(-c2nc(-c3ccccc3)nc(-c3cccc4c3oc3c(-c5ccc6c(c5)oc5c(-n7c8ccccc8c8ccccc87)cccc56)cccc34)n2)cc1. The minimum Gasteiger partial charge on any atom is -0.455 e. The Hall–Kier alpha value is -7.83. The number of hydrogen-bond acceptors (Lipinski definition) is 5. The predicted molar refractivity (Wildman–Crippen MR) is 230 cm³/mol. The third-order valence-corrected chi connectivity index (χ3v) is 11.1. The summed E-state index contributed by atoms with van der Waals surface area (Å²) in [5, 5.41) is 6.58. The van der Waals surface area contributed by atoms with Gasteiger partial charge in [-0.25, -0.2) is 15.0 Å². The summed E-state index contributed by atoms with van der Waals surface area (Å²) in [6.07, 6.45) is 0. The van der Waals surface area contributed by atoms with E-state index in [1.54, 1.807) is 0 Å². The van der Waals surface area contributed by atoms with Gasteiger partial charge in [0.05, 0.1) is 22.3 Å². The van der Waals surface area contributed by atoms with Crippen molar-refractivity contribution in [2.24, 2.45) is 0 Å². The van der Waals surface area contributed by atoms with Gasteiger partial charge in [0, 0.05) is 49.0 Å². The monoisotopic (exact) mass is 730 g/mol. The topological polar surface area (TPSA) is 69.9 Å². The van der Waals surface area contributed by atoms with E-state index in [4.69, 9.17) is 23.8 Å². The van der Waals surface area contributed by atoms with Gasteiger partial charge in [-0.05, 0) is 42.0 Å². The van der Waals surface area contributed by atoms with E-state index < -0.39 is 0 Å². The number of para-hydroxylation sites is 5. The van der Waals surface area contributed by atoms with Crippen LogP contribution in [0.5, 0.6) is 0 Å². The zero-order chi connectivity index (χ0) is 37.5. The smallest absolute Gasteiger partial charge is 0.167 e. The molecule has 0 aliphatic carbocycles. The molecule has 0 saturated heterocycles. The van der Waals surface area contributed by atoms with Crippen molar-refractivity contribution in [3.05, 3.63) is 182 Å². The van der Waals surface area contributed by atoms with E-state index in [-0.39, 0.29) is 0 Å². The summed E-state index contributed by atoms with van der Waals surface area (Å²) < 4.78 is 16.1. The number of aromatic nitrogens is 4. The molecule has 0 spiro atoms. The van der Waals surface area contributed by atoms with Gasteiger partial charge in [-0.2, -0.15) is 0 Å². The van der Waals surface area contributed by atoms with Crippen molar-refractivity contribution in [1.82, 2.24) is 19.5 Å². The van der Waals surface area contributed by atoms with Crippen LogP contribution in [0.3, 0.4) is 0 Å². The molecular formula is C51H30N4O2. The molecule has 0 atom stereocenters. The molecule has 0 bridgehead atoms. The molecule has 8 aromatic carbocycles. The fraction of sp³-hybridized carbons (Fsp3) is 0. The normalized spacial score (nSPS) is 11.9. The Kier molecular flexibility index (Phi) is 6.83. The molecule has 0 unspecified atom stereocenters. The molecule has 0 amide bonds. The molecule has 0 aliphatic rings. The third kappa shape index (κ3) is 4.87. The van der Waals surface area contributed by atoms with Gasteiger partial charge in [0.2, 0.25) is 0 Å². The molecule has 6 nitrogen and oxygen atoms in total. The lowest BCUT2D eigenvalue weighted by molar-refractivity contribution is 0.666. The third-order valence-electron chi connectivity index (χ3n) is 11.1. The number of hydrogen-bond donors (Lipinski definition) is 0. The summed E-state index contributed by atoms with van der Waals surface area (Å²) in [6, 6.07) is 62.6. The molecule has 4 heterocycles. The van der Waals surface area contributed by atoms with Gasteiger partial charge in [-0.15, -0.1) is 0 Å². The second-order valence-electron chi connectivity index (χ2n) is 14.3. The van der Waals surface area contributed by atoms with Crippen LogP contribution in [0.4, 0.5) is 0 Å². The molecule has 6 heteroatoms. The fourth-order valence-corrected chi connectivity index (χ4v) is 8.46. The first-order valence-electron chi connectivity index (χ1n) is 19.0. The van der Waals surface area contributed by atoms with Gasteiger partial charge in [-0.1, -0.05) is 146 Å². The van der Waals surface area contributed by atoms with Crippen molar-refractivity contribution >= 4 is 65.7 Å². The van der Waals surface area contributed by atoms with Crippen molar-refractivity contribution in [2.45, 2.75) is 0 Å². The average molecular weight is 731 g/mol. The maximum absolute atomic E-state index is 6.90. The van der Waals surface area contributed by atoms with Gasteiger partial charge < -0.3 is 13.4 Å². The summed E-state index contributed by atoms with van der Waals surface area (Å²) in [6.45, 7) is 0. The first-order valence-corrected chi connectivity index (χ1v) is 19.0. The first kappa shape index (κ1) is 31.5. The van der Waals surface area contributed by atoms with Gasteiger partial charge in [-0.3, -0.25) is 0 Å². The van der Waals surface area contributed by atoms with Crippen LogP contribution < -0.4 is 0 Å². The standard InChI is InChI=1S/C51H30N4O2/c1-3-14-31(15-4-1)49-52-50(32-16-5-2-6-17-32)54-51(53-49)41-24-12-22-40-39-21-11-20-34(46(39)57-47(40)41)33-28-29-37-38-23-13-27-44(48(38)56-45(37)30-33)55-42-25-9-7-18-35(42)36-19-8-10-26-43(36)55/h1-30H. The van der Waals surface area contributed by atoms with E-state index in [0.29, 0.717) is 17.5 Å². The van der Waals surface area contributed by atoms with Crippen LogP contribution >= 0.6 is 0 Å². The molecule has 0 N–H and O–H groups in total. The van der Waals surface area contributed by atoms with Gasteiger partial charge >= 0.3 is 0 Å². The van der Waals surface area contributed by atoms with Crippen LogP contribution in [0.15, 0.2) is 191 Å². The Balaban J connectivity index is 1.02. The number of furan rings is 2. The quantitative estimate of drug-likeness (QED) is 0.176. The van der Waals surface area contributed by atoms with E-state index in [0.717, 1.165) is 88.4 Å². The van der Waals surface area contributed by atoms with E-state index in [1.807, 2.05) is 72.8 Å². The maximum Gasteiger partial charge on any atom is 0.167 e. The van der Waals surface area contributed by atoms with Gasteiger partial charge in [0.25, 0.3) is 0 Å². The van der Waals surface area contributed by atoms with E-state index in [2.05, 4.69) is 114 Å². The molecule has 0 aliphatic heterocycles. The zero-order valence-corrected chi connectivity index (χ0v) is 30.4. The van der Waals surface area contributed by atoms with Crippen LogP contribution in [0.1, 0.15) is 0 Å². The molecular weight excluding hydrogens is 701 g/mol. The molecule has 57 heavy (non-hydrogen) atoms. The maximum atomic E-state index is 6.90. The molecule has 12 aromatic rings. The minimum atomic E-state index is 0.552. The Bertz CT molecular complexity index is 3410. The molecule has 0 radical (unpaired) electrons. The highest BCUT2D eigenvalue weighted by atomic mass is 16.3. The lowest BCUT2D eigenvalue weighted by Gasteiger charge is -2.08. The second-order valence-corrected chi connectivity index (χ2v) is 14.3. The van der Waals surface area contributed by atoms with E-state index in [1.165, 1.54) is 10.8 Å². The molecule has 12 rings (SSSR count). The molecule has 266 valence electrons. The Labute approximate surface area is 325 Å². The summed E-state index contributed by atoms with van der Waals surface area (Å²) in [5.74, 6) is 1.76. The summed E-state index contributed by atoms with van der Waals surface area (Å²) in [7, 11) is 0. The number of fused-ring (bicyclic) bond motifs is 9. The lowest BCUT2D eigenvalue weighted by atomic mass is 10.0. The highest BCUT2D eigenvalue weighted by Crippen LogP contribution is 2.42. The molecule has 0 fully saturated rings. The van der Waals surface area contributed by atoms with Crippen molar-refractivity contribution in [2.75, 3.05) is 0 Å². The number of nitrogens with zero attached hydrogens (tertiary/aromatic N) is 4. The minimum absolute atomic E-state index is 0.552. The van der Waals surface area contributed by atoms with Crippen LogP contribution in [-0.4, -0.2) is 19.5 Å². The van der Waals surface area contributed by atoms with Crippen LogP contribution in [0, 0.1) is 0 Å². The second kappa shape index (κ2) is 12.3. The van der Waals surface area contributed by atoms with Crippen LogP contribution in [0.25, 0.3) is 117 Å². The number of benzene rings is 8. The Morgan fingerprint density at radius 2 is 0.842 bits per heavy atom. The lowest BCUT2D eigenvalue weighted by Crippen LogP contribution is -2.00. The van der Waals surface area contributed by atoms with Gasteiger partial charge in [0.1, 0.15) is 16.7 Å². The van der Waals surface area contributed by atoms with E-state index in [9.17, 15) is 0 Å².